The third-order valence-electron chi connectivity index (χ3n) is 2.14. The van der Waals surface area contributed by atoms with Gasteiger partial charge in [0.15, 0.2) is 0 Å². The van der Waals surface area contributed by atoms with Gasteiger partial charge >= 0.3 is 5.97 Å². The summed E-state index contributed by atoms with van der Waals surface area (Å²) in [6.07, 6.45) is 0.549. The van der Waals surface area contributed by atoms with Crippen LogP contribution in [0.15, 0.2) is 12.1 Å². The van der Waals surface area contributed by atoms with Gasteiger partial charge in [-0.1, -0.05) is 30.7 Å². The van der Waals surface area contributed by atoms with Crippen LogP contribution in [-0.4, -0.2) is 11.1 Å². The van der Waals surface area contributed by atoms with Crippen molar-refractivity contribution >= 4 is 17.6 Å². The summed E-state index contributed by atoms with van der Waals surface area (Å²) in [5.74, 6) is -0.966. The molecule has 1 aromatic carbocycles. The molecule has 0 aliphatic heterocycles. The van der Waals surface area contributed by atoms with Crippen LogP contribution >= 0.6 is 11.6 Å². The maximum absolute atomic E-state index is 10.6. The number of nitriles is 1. The summed E-state index contributed by atoms with van der Waals surface area (Å²) in [5, 5.41) is 17.9. The van der Waals surface area contributed by atoms with E-state index in [0.29, 0.717) is 10.6 Å². The van der Waals surface area contributed by atoms with Crippen molar-refractivity contribution in [2.45, 2.75) is 19.8 Å². The molecule has 4 heteroatoms. The molecule has 0 saturated carbocycles. The number of carboxylic acids is 1. The Morgan fingerprint density at radius 1 is 1.53 bits per heavy atom. The molecule has 0 radical (unpaired) electrons. The number of carbonyl (C=O) groups is 1. The van der Waals surface area contributed by atoms with E-state index >= 15 is 0 Å². The van der Waals surface area contributed by atoms with Crippen LogP contribution < -0.4 is 0 Å². The van der Waals surface area contributed by atoms with Gasteiger partial charge in [-0.05, 0) is 17.5 Å². The SMILES string of the molecule is CCc1ccc(CC(=O)O)c(C#N)c1Cl. The van der Waals surface area contributed by atoms with Gasteiger partial charge in [0.05, 0.1) is 17.0 Å². The number of carboxylic acid groups (broad SMARTS) is 1. The Morgan fingerprint density at radius 3 is 2.60 bits per heavy atom. The zero-order chi connectivity index (χ0) is 11.4. The van der Waals surface area contributed by atoms with Crippen molar-refractivity contribution in [2.24, 2.45) is 0 Å². The highest BCUT2D eigenvalue weighted by Gasteiger charge is 2.12. The average molecular weight is 224 g/mol. The van der Waals surface area contributed by atoms with Crippen molar-refractivity contribution in [3.8, 4) is 6.07 Å². The maximum Gasteiger partial charge on any atom is 0.307 e. The van der Waals surface area contributed by atoms with Gasteiger partial charge < -0.3 is 5.11 Å². The molecular weight excluding hydrogens is 214 g/mol. The molecule has 78 valence electrons. The van der Waals surface area contributed by atoms with Crippen molar-refractivity contribution < 1.29 is 9.90 Å². The second-order valence-electron chi connectivity index (χ2n) is 3.11. The molecular formula is C11H10ClNO2. The molecule has 0 amide bonds. The van der Waals surface area contributed by atoms with Gasteiger partial charge in [-0.25, -0.2) is 0 Å². The van der Waals surface area contributed by atoms with Crippen molar-refractivity contribution in [1.82, 2.24) is 0 Å². The highest BCUT2D eigenvalue weighted by Crippen LogP contribution is 2.24. The van der Waals surface area contributed by atoms with E-state index in [4.69, 9.17) is 22.0 Å². The van der Waals surface area contributed by atoms with Crippen molar-refractivity contribution in [3.63, 3.8) is 0 Å². The molecule has 0 spiro atoms. The quantitative estimate of drug-likeness (QED) is 0.856. The van der Waals surface area contributed by atoms with Crippen LogP contribution in [0.4, 0.5) is 0 Å². The van der Waals surface area contributed by atoms with Crippen molar-refractivity contribution in [2.75, 3.05) is 0 Å². The molecule has 0 saturated heterocycles. The lowest BCUT2D eigenvalue weighted by molar-refractivity contribution is -0.136. The lowest BCUT2D eigenvalue weighted by atomic mass is 10.0. The van der Waals surface area contributed by atoms with E-state index in [2.05, 4.69) is 0 Å². The first kappa shape index (κ1) is 11.5. The first-order chi connectivity index (χ1) is 7.10. The monoisotopic (exact) mass is 223 g/mol. The normalized spacial score (nSPS) is 9.67. The van der Waals surface area contributed by atoms with E-state index in [1.165, 1.54) is 0 Å². The van der Waals surface area contributed by atoms with E-state index in [9.17, 15) is 4.79 Å². The van der Waals surface area contributed by atoms with Crippen LogP contribution in [0.3, 0.4) is 0 Å². The predicted molar refractivity (Wildman–Crippen MR) is 56.9 cm³/mol. The molecule has 0 heterocycles. The molecule has 0 unspecified atom stereocenters. The fourth-order valence-electron chi connectivity index (χ4n) is 1.36. The Labute approximate surface area is 92.9 Å². The van der Waals surface area contributed by atoms with Gasteiger partial charge in [0.25, 0.3) is 0 Å². The lowest BCUT2D eigenvalue weighted by Crippen LogP contribution is -2.03. The van der Waals surface area contributed by atoms with Gasteiger partial charge in [-0.3, -0.25) is 4.79 Å². The summed E-state index contributed by atoms with van der Waals surface area (Å²) >= 11 is 5.98. The van der Waals surface area contributed by atoms with E-state index in [0.717, 1.165) is 12.0 Å². The van der Waals surface area contributed by atoms with E-state index in [1.807, 2.05) is 13.0 Å². The van der Waals surface area contributed by atoms with Gasteiger partial charge in [0.1, 0.15) is 6.07 Å². The number of nitrogens with zero attached hydrogens (tertiary/aromatic N) is 1. The number of hydrogen-bond donors (Lipinski definition) is 1. The fraction of sp³-hybridized carbons (Fsp3) is 0.273. The molecule has 0 aromatic heterocycles. The largest absolute Gasteiger partial charge is 0.481 e. The summed E-state index contributed by atoms with van der Waals surface area (Å²) in [5.41, 5.74) is 1.60. The zero-order valence-corrected chi connectivity index (χ0v) is 9.01. The lowest BCUT2D eigenvalue weighted by Gasteiger charge is -2.07. The van der Waals surface area contributed by atoms with Crippen LogP contribution in [0.2, 0.25) is 5.02 Å². The summed E-state index contributed by atoms with van der Waals surface area (Å²) in [7, 11) is 0. The molecule has 0 aliphatic rings. The minimum Gasteiger partial charge on any atom is -0.481 e. The summed E-state index contributed by atoms with van der Waals surface area (Å²) < 4.78 is 0. The third kappa shape index (κ3) is 2.48. The third-order valence-corrected chi connectivity index (χ3v) is 2.57. The molecule has 1 N–H and O–H groups in total. The molecule has 1 rings (SSSR count). The predicted octanol–water partition coefficient (Wildman–Crippen LogP) is 2.40. The first-order valence-electron chi connectivity index (χ1n) is 4.52. The van der Waals surface area contributed by atoms with Gasteiger partial charge in [0, 0.05) is 0 Å². The van der Waals surface area contributed by atoms with E-state index < -0.39 is 5.97 Å². The van der Waals surface area contributed by atoms with Crippen LogP contribution in [-0.2, 0) is 17.6 Å². The smallest absolute Gasteiger partial charge is 0.307 e. The Hall–Kier alpha value is -1.53. The second-order valence-corrected chi connectivity index (χ2v) is 3.49. The standard InChI is InChI=1S/C11H10ClNO2/c1-2-7-3-4-8(5-10(14)15)9(6-13)11(7)12/h3-4H,2,5H2,1H3,(H,14,15). The Morgan fingerprint density at radius 2 is 2.13 bits per heavy atom. The van der Waals surface area contributed by atoms with Crippen molar-refractivity contribution in [1.29, 1.82) is 5.26 Å². The zero-order valence-electron chi connectivity index (χ0n) is 8.25. The number of hydrogen-bond acceptors (Lipinski definition) is 2. The highest BCUT2D eigenvalue weighted by atomic mass is 35.5. The fourth-order valence-corrected chi connectivity index (χ4v) is 1.72. The first-order valence-corrected chi connectivity index (χ1v) is 4.90. The Kier molecular flexibility index (Phi) is 3.70. The van der Waals surface area contributed by atoms with E-state index in [1.54, 1.807) is 12.1 Å². The number of aryl methyl sites for hydroxylation is 1. The molecule has 1 aromatic rings. The van der Waals surface area contributed by atoms with Crippen LogP contribution in [0.5, 0.6) is 0 Å². The second kappa shape index (κ2) is 4.81. The minimum atomic E-state index is -0.966. The average Bonchev–Trinajstić information content (AvgIpc) is 2.18. The number of benzene rings is 1. The Bertz CT molecular complexity index is 435. The maximum atomic E-state index is 10.6. The number of halogens is 1. The number of rotatable bonds is 3. The Balaban J connectivity index is 3.26. The molecule has 0 atom stereocenters. The number of aliphatic carboxylic acids is 1. The van der Waals surface area contributed by atoms with Crippen LogP contribution in [0.25, 0.3) is 0 Å². The topological polar surface area (TPSA) is 61.1 Å². The van der Waals surface area contributed by atoms with Crippen LogP contribution in [0.1, 0.15) is 23.6 Å². The molecule has 0 aliphatic carbocycles. The van der Waals surface area contributed by atoms with Crippen LogP contribution in [0, 0.1) is 11.3 Å². The van der Waals surface area contributed by atoms with Gasteiger partial charge in [-0.2, -0.15) is 5.26 Å². The molecule has 0 fully saturated rings. The van der Waals surface area contributed by atoms with Gasteiger partial charge in [-0.15, -0.1) is 0 Å². The molecule has 3 nitrogen and oxygen atoms in total. The van der Waals surface area contributed by atoms with E-state index in [-0.39, 0.29) is 12.0 Å². The summed E-state index contributed by atoms with van der Waals surface area (Å²) in [4.78, 5) is 10.6. The minimum absolute atomic E-state index is 0.174. The summed E-state index contributed by atoms with van der Waals surface area (Å²) in [6.45, 7) is 1.93. The molecule has 15 heavy (non-hydrogen) atoms. The van der Waals surface area contributed by atoms with Crippen molar-refractivity contribution in [3.05, 3.63) is 33.8 Å². The van der Waals surface area contributed by atoms with Gasteiger partial charge in [0.2, 0.25) is 0 Å². The summed E-state index contributed by atoms with van der Waals surface area (Å²) in [6, 6.07) is 5.36. The molecule has 0 bridgehead atoms. The highest BCUT2D eigenvalue weighted by molar-refractivity contribution is 6.32.